The van der Waals surface area contributed by atoms with Crippen molar-refractivity contribution in [3.05, 3.63) is 12.2 Å². The Morgan fingerprint density at radius 3 is 1.80 bits per heavy atom. The summed E-state index contributed by atoms with van der Waals surface area (Å²) < 4.78 is 3.97. The number of carboxylic acids is 1. The molecule has 0 bridgehead atoms. The molecule has 0 unspecified atom stereocenters. The highest BCUT2D eigenvalue weighted by Gasteiger charge is 2.25. The number of cyclic esters (lactones) is 2. The van der Waals surface area contributed by atoms with Crippen molar-refractivity contribution >= 4 is 17.9 Å². The molecule has 0 saturated heterocycles. The lowest BCUT2D eigenvalue weighted by atomic mass is 9.96. The third-order valence-corrected chi connectivity index (χ3v) is 1.53. The Morgan fingerprint density at radius 2 is 1.73 bits per heavy atom. The number of ether oxygens (including phenoxy) is 1. The topological polar surface area (TPSA) is 101 Å². The van der Waals surface area contributed by atoms with Crippen LogP contribution in [0.2, 0.25) is 0 Å². The minimum atomic E-state index is -0.986. The van der Waals surface area contributed by atoms with Gasteiger partial charge in [-0.15, -0.1) is 0 Å². The molecule has 0 amide bonds. The Kier molecular flexibility index (Phi) is 4.66. The van der Waals surface area contributed by atoms with Crippen molar-refractivity contribution in [1.29, 1.82) is 0 Å². The number of carbonyl (C=O) groups excluding carboxylic acids is 2. The summed E-state index contributed by atoms with van der Waals surface area (Å²) in [6.45, 7) is 2.62. The smallest absolute Gasteiger partial charge is 0.338 e. The molecule has 0 aromatic rings. The zero-order valence-corrected chi connectivity index (χ0v) is 8.39. The molecule has 1 aliphatic heterocycles. The summed E-state index contributed by atoms with van der Waals surface area (Å²) in [5.41, 5.74) is -0.986. The summed E-state index contributed by atoms with van der Waals surface area (Å²) in [6, 6.07) is 0. The molecule has 0 aromatic heterocycles. The minimum absolute atomic E-state index is 0.317. The number of rotatable bonds is 2. The number of aliphatic hydroxyl groups is 1. The van der Waals surface area contributed by atoms with Gasteiger partial charge in [-0.3, -0.25) is 4.79 Å². The van der Waals surface area contributed by atoms with E-state index in [1.165, 1.54) is 13.8 Å². The third-order valence-electron chi connectivity index (χ3n) is 1.53. The van der Waals surface area contributed by atoms with E-state index in [0.717, 1.165) is 12.2 Å². The van der Waals surface area contributed by atoms with Gasteiger partial charge in [0, 0.05) is 12.2 Å². The zero-order chi connectivity index (χ0) is 12.1. The number of esters is 2. The number of carboxylic acid groups (broad SMARTS) is 1. The van der Waals surface area contributed by atoms with Crippen molar-refractivity contribution in [2.24, 2.45) is 5.41 Å². The van der Waals surface area contributed by atoms with Gasteiger partial charge in [0.05, 0.1) is 12.0 Å². The highest BCUT2D eigenvalue weighted by molar-refractivity contribution is 6.04. The number of aliphatic carboxylic acids is 1. The quantitative estimate of drug-likeness (QED) is 0.486. The minimum Gasteiger partial charge on any atom is -0.481 e. The Bertz CT molecular complexity index is 286. The molecule has 0 aliphatic carbocycles. The van der Waals surface area contributed by atoms with Crippen LogP contribution in [0.5, 0.6) is 0 Å². The highest BCUT2D eigenvalue weighted by Crippen LogP contribution is 2.12. The molecule has 0 radical (unpaired) electrons. The lowest BCUT2D eigenvalue weighted by molar-refractivity contribution is -0.151. The molecule has 0 fully saturated rings. The van der Waals surface area contributed by atoms with Crippen molar-refractivity contribution in [2.75, 3.05) is 6.61 Å². The van der Waals surface area contributed by atoms with Crippen molar-refractivity contribution in [1.82, 2.24) is 0 Å². The van der Waals surface area contributed by atoms with Crippen molar-refractivity contribution in [3.8, 4) is 0 Å². The number of aliphatic hydroxyl groups excluding tert-OH is 1. The van der Waals surface area contributed by atoms with Crippen LogP contribution in [0.15, 0.2) is 12.2 Å². The average Bonchev–Trinajstić information content (AvgIpc) is 2.51. The molecule has 0 atom stereocenters. The van der Waals surface area contributed by atoms with E-state index >= 15 is 0 Å². The predicted octanol–water partition coefficient (Wildman–Crippen LogP) is -0.284. The first-order valence-corrected chi connectivity index (χ1v) is 4.07. The summed E-state index contributed by atoms with van der Waals surface area (Å²) in [5.74, 6) is -2.13. The molecule has 84 valence electrons. The van der Waals surface area contributed by atoms with E-state index in [1.807, 2.05) is 0 Å². The maximum atomic E-state index is 10.1. The van der Waals surface area contributed by atoms with Crippen LogP contribution in [0, 0.1) is 5.41 Å². The van der Waals surface area contributed by atoms with Crippen LogP contribution in [0.25, 0.3) is 0 Å². The second-order valence-electron chi connectivity index (χ2n) is 3.42. The van der Waals surface area contributed by atoms with E-state index in [4.69, 9.17) is 10.2 Å². The summed E-state index contributed by atoms with van der Waals surface area (Å²) in [5, 5.41) is 16.7. The molecule has 2 N–H and O–H groups in total. The summed E-state index contributed by atoms with van der Waals surface area (Å²) in [6.07, 6.45) is 2.17. The molecule has 0 spiro atoms. The Balaban J connectivity index is 0.000000262. The standard InChI is InChI=1S/C5H10O3.C4H2O3/c1-5(2,3-6)4(7)8;5-3-1-2-4(6)7-3/h6H,3H2,1-2H3,(H,7,8);1-2H. The molecule has 1 rings (SSSR count). The van der Waals surface area contributed by atoms with Gasteiger partial charge in [-0.2, -0.15) is 0 Å². The first-order chi connectivity index (χ1) is 6.79. The van der Waals surface area contributed by atoms with Gasteiger partial charge in [-0.25, -0.2) is 9.59 Å². The number of carbonyl (C=O) groups is 3. The molecule has 1 heterocycles. The molecule has 0 aromatic carbocycles. The van der Waals surface area contributed by atoms with Crippen molar-refractivity contribution in [3.63, 3.8) is 0 Å². The molecule has 6 heteroatoms. The fraction of sp³-hybridized carbons (Fsp3) is 0.444. The normalized spacial score (nSPS) is 14.3. The van der Waals surface area contributed by atoms with E-state index in [0.29, 0.717) is 0 Å². The zero-order valence-electron chi connectivity index (χ0n) is 8.39. The van der Waals surface area contributed by atoms with Crippen LogP contribution in [-0.2, 0) is 19.1 Å². The van der Waals surface area contributed by atoms with E-state index < -0.39 is 23.3 Å². The van der Waals surface area contributed by atoms with Gasteiger partial charge in [-0.1, -0.05) is 0 Å². The maximum absolute atomic E-state index is 10.1. The first kappa shape index (κ1) is 13.3. The van der Waals surface area contributed by atoms with Crippen LogP contribution >= 0.6 is 0 Å². The van der Waals surface area contributed by atoms with Crippen LogP contribution < -0.4 is 0 Å². The molecular formula is C9H12O6. The fourth-order valence-corrected chi connectivity index (χ4v) is 0.371. The summed E-state index contributed by atoms with van der Waals surface area (Å²) >= 11 is 0. The Labute approximate surface area is 86.2 Å². The second-order valence-corrected chi connectivity index (χ2v) is 3.42. The van der Waals surface area contributed by atoms with Crippen LogP contribution in [0.1, 0.15) is 13.8 Å². The Hall–Kier alpha value is -1.69. The summed E-state index contributed by atoms with van der Waals surface area (Å²) in [4.78, 5) is 29.9. The molecular weight excluding hydrogens is 204 g/mol. The van der Waals surface area contributed by atoms with E-state index in [9.17, 15) is 14.4 Å². The SMILES string of the molecule is CC(C)(CO)C(=O)O.O=C1C=CC(=O)O1. The average molecular weight is 216 g/mol. The van der Waals surface area contributed by atoms with Crippen LogP contribution in [0.3, 0.4) is 0 Å². The van der Waals surface area contributed by atoms with Gasteiger partial charge in [-0.05, 0) is 13.8 Å². The van der Waals surface area contributed by atoms with E-state index in [-0.39, 0.29) is 6.61 Å². The maximum Gasteiger partial charge on any atom is 0.338 e. The number of hydrogen-bond donors (Lipinski definition) is 2. The van der Waals surface area contributed by atoms with Crippen molar-refractivity contribution < 1.29 is 29.3 Å². The molecule has 15 heavy (non-hydrogen) atoms. The summed E-state index contributed by atoms with van der Waals surface area (Å²) in [7, 11) is 0. The monoisotopic (exact) mass is 216 g/mol. The number of hydrogen-bond acceptors (Lipinski definition) is 5. The van der Waals surface area contributed by atoms with Gasteiger partial charge in [0.2, 0.25) is 0 Å². The highest BCUT2D eigenvalue weighted by atomic mass is 16.6. The van der Waals surface area contributed by atoms with Crippen LogP contribution in [0.4, 0.5) is 0 Å². The fourth-order valence-electron chi connectivity index (χ4n) is 0.371. The van der Waals surface area contributed by atoms with Gasteiger partial charge in [0.1, 0.15) is 0 Å². The molecule has 0 saturated carbocycles. The van der Waals surface area contributed by atoms with Crippen molar-refractivity contribution in [2.45, 2.75) is 13.8 Å². The Morgan fingerprint density at radius 1 is 1.33 bits per heavy atom. The molecule has 1 aliphatic rings. The molecule has 6 nitrogen and oxygen atoms in total. The third kappa shape index (κ3) is 4.92. The van der Waals surface area contributed by atoms with Gasteiger partial charge >= 0.3 is 17.9 Å². The second kappa shape index (κ2) is 5.26. The lowest BCUT2D eigenvalue weighted by Gasteiger charge is -2.13. The van der Waals surface area contributed by atoms with Gasteiger partial charge in [0.25, 0.3) is 0 Å². The predicted molar refractivity (Wildman–Crippen MR) is 48.7 cm³/mol. The van der Waals surface area contributed by atoms with Gasteiger partial charge < -0.3 is 14.9 Å². The van der Waals surface area contributed by atoms with Gasteiger partial charge in [0.15, 0.2) is 0 Å². The van der Waals surface area contributed by atoms with Crippen LogP contribution in [-0.4, -0.2) is 34.7 Å². The first-order valence-electron chi connectivity index (χ1n) is 4.07. The van der Waals surface area contributed by atoms with E-state index in [2.05, 4.69) is 4.74 Å². The largest absolute Gasteiger partial charge is 0.481 e. The van der Waals surface area contributed by atoms with E-state index in [1.54, 1.807) is 0 Å². The lowest BCUT2D eigenvalue weighted by Crippen LogP contribution is -2.27.